The fourth-order valence-electron chi connectivity index (χ4n) is 4.00. The number of hydrogen-bond donors (Lipinski definition) is 0. The minimum absolute atomic E-state index is 0.356. The number of hydrogen-bond acceptors (Lipinski definition) is 5. The topological polar surface area (TPSA) is 51.1 Å². The predicted molar refractivity (Wildman–Crippen MR) is 123 cm³/mol. The van der Waals surface area contributed by atoms with Gasteiger partial charge >= 0.3 is 0 Å². The number of nitrogens with zero attached hydrogens (tertiary/aromatic N) is 2. The summed E-state index contributed by atoms with van der Waals surface area (Å²) in [5, 5.41) is 0. The van der Waals surface area contributed by atoms with E-state index >= 15 is 0 Å². The Morgan fingerprint density at radius 1 is 1.03 bits per heavy atom. The van der Waals surface area contributed by atoms with Crippen LogP contribution in [0.25, 0.3) is 0 Å². The van der Waals surface area contributed by atoms with E-state index in [4.69, 9.17) is 9.47 Å². The lowest BCUT2D eigenvalue weighted by Gasteiger charge is -2.28. The lowest BCUT2D eigenvalue weighted by atomic mass is 9.91. The number of rotatable bonds is 7. The summed E-state index contributed by atoms with van der Waals surface area (Å²) in [5.74, 6) is 2.30. The number of ether oxygens (including phenoxy) is 2. The predicted octanol–water partition coefficient (Wildman–Crippen LogP) is 4.54. The molecule has 160 valence electrons. The van der Waals surface area contributed by atoms with Gasteiger partial charge in [0.05, 0.1) is 19.9 Å². The lowest BCUT2D eigenvalue weighted by Crippen LogP contribution is -2.33. The highest BCUT2D eigenvalue weighted by Crippen LogP contribution is 2.33. The molecule has 1 fully saturated rings. The first kappa shape index (κ1) is 21.9. The molecular formula is C25H32N2O3. The van der Waals surface area contributed by atoms with E-state index < -0.39 is 0 Å². The Morgan fingerprint density at radius 3 is 2.17 bits per heavy atom. The molecule has 0 unspecified atom stereocenters. The zero-order valence-corrected chi connectivity index (χ0v) is 18.7. The van der Waals surface area contributed by atoms with E-state index in [-0.39, 0.29) is 0 Å². The Labute approximate surface area is 179 Å². The van der Waals surface area contributed by atoms with Crippen LogP contribution in [0.15, 0.2) is 41.4 Å². The number of anilines is 1. The molecule has 0 spiro atoms. The van der Waals surface area contributed by atoms with Crippen molar-refractivity contribution < 1.29 is 14.3 Å². The molecule has 0 aromatic heterocycles. The molecule has 3 rings (SSSR count). The Hall–Kier alpha value is -2.82. The third kappa shape index (κ3) is 4.84. The number of piperidine rings is 1. The van der Waals surface area contributed by atoms with Crippen molar-refractivity contribution in [1.29, 1.82) is 0 Å². The molecule has 2 aromatic rings. The third-order valence-electron chi connectivity index (χ3n) is 5.54. The summed E-state index contributed by atoms with van der Waals surface area (Å²) < 4.78 is 11.1. The van der Waals surface area contributed by atoms with Crippen LogP contribution in [0, 0.1) is 5.92 Å². The highest BCUT2D eigenvalue weighted by Gasteiger charge is 2.19. The van der Waals surface area contributed by atoms with Gasteiger partial charge in [-0.25, -0.2) is 0 Å². The fourth-order valence-corrected chi connectivity index (χ4v) is 4.00. The van der Waals surface area contributed by atoms with E-state index in [2.05, 4.69) is 54.1 Å². The first-order valence-electron chi connectivity index (χ1n) is 10.6. The van der Waals surface area contributed by atoms with Gasteiger partial charge in [0, 0.05) is 49.8 Å². The maximum atomic E-state index is 11.5. The maximum Gasteiger partial charge on any atom is 0.161 e. The lowest BCUT2D eigenvalue weighted by molar-refractivity contribution is -0.119. The van der Waals surface area contributed by atoms with Crippen LogP contribution in [-0.4, -0.2) is 45.9 Å². The van der Waals surface area contributed by atoms with Crippen LogP contribution in [0.1, 0.15) is 43.4 Å². The van der Waals surface area contributed by atoms with Gasteiger partial charge in [-0.1, -0.05) is 26.0 Å². The van der Waals surface area contributed by atoms with Crippen molar-refractivity contribution in [2.45, 2.75) is 33.1 Å². The van der Waals surface area contributed by atoms with Crippen molar-refractivity contribution in [1.82, 2.24) is 0 Å². The van der Waals surface area contributed by atoms with E-state index in [1.54, 1.807) is 14.2 Å². The summed E-state index contributed by atoms with van der Waals surface area (Å²) in [4.78, 5) is 18.4. The minimum Gasteiger partial charge on any atom is -0.493 e. The maximum absolute atomic E-state index is 11.5. The van der Waals surface area contributed by atoms with E-state index in [1.807, 2.05) is 13.1 Å². The first-order chi connectivity index (χ1) is 14.5. The standard InChI is InChI=1S/C25H32N2O3/c1-17(2)14-19-15-23(29-4)24(30-5)16-22(19)25(26-3)18-6-8-20(9-7-18)27-12-10-21(28)11-13-27/h6-9,15-17H,10-14H2,1-5H3. The van der Waals surface area contributed by atoms with Crippen molar-refractivity contribution in [3.05, 3.63) is 53.1 Å². The number of carbonyl (C=O) groups excluding carboxylic acids is 1. The normalized spacial score (nSPS) is 14.9. The van der Waals surface area contributed by atoms with Gasteiger partial charge in [-0.2, -0.15) is 0 Å². The van der Waals surface area contributed by atoms with Gasteiger partial charge in [0.1, 0.15) is 5.78 Å². The molecule has 1 heterocycles. The Kier molecular flexibility index (Phi) is 7.14. The Bertz CT molecular complexity index is 907. The third-order valence-corrected chi connectivity index (χ3v) is 5.54. The van der Waals surface area contributed by atoms with Crippen molar-refractivity contribution >= 4 is 17.2 Å². The van der Waals surface area contributed by atoms with Gasteiger partial charge in [0.2, 0.25) is 0 Å². The van der Waals surface area contributed by atoms with Gasteiger partial charge in [-0.15, -0.1) is 0 Å². The Morgan fingerprint density at radius 2 is 1.63 bits per heavy atom. The number of carbonyl (C=O) groups is 1. The monoisotopic (exact) mass is 408 g/mol. The molecule has 1 saturated heterocycles. The van der Waals surface area contributed by atoms with Gasteiger partial charge in [-0.3, -0.25) is 9.79 Å². The largest absolute Gasteiger partial charge is 0.493 e. The molecule has 0 aliphatic carbocycles. The molecular weight excluding hydrogens is 376 g/mol. The molecule has 1 aliphatic rings. The van der Waals surface area contributed by atoms with Crippen LogP contribution in [0.4, 0.5) is 5.69 Å². The summed E-state index contributed by atoms with van der Waals surface area (Å²) in [5.41, 5.74) is 5.41. The van der Waals surface area contributed by atoms with E-state index in [0.717, 1.165) is 47.8 Å². The van der Waals surface area contributed by atoms with Crippen LogP contribution in [-0.2, 0) is 11.2 Å². The molecule has 0 atom stereocenters. The number of Topliss-reactive ketones (excluding diaryl/α,β-unsaturated/α-hetero) is 1. The van der Waals surface area contributed by atoms with E-state index in [0.29, 0.717) is 30.3 Å². The molecule has 30 heavy (non-hydrogen) atoms. The highest BCUT2D eigenvalue weighted by atomic mass is 16.5. The van der Waals surface area contributed by atoms with Crippen LogP contribution in [0.2, 0.25) is 0 Å². The van der Waals surface area contributed by atoms with Crippen molar-refractivity contribution in [2.24, 2.45) is 10.9 Å². The smallest absolute Gasteiger partial charge is 0.161 e. The molecule has 2 aromatic carbocycles. The summed E-state index contributed by atoms with van der Waals surface area (Å²) >= 11 is 0. The number of methoxy groups -OCH3 is 2. The molecule has 0 saturated carbocycles. The SMILES string of the molecule is CN=C(c1ccc(N2CCC(=O)CC2)cc1)c1cc(OC)c(OC)cc1CC(C)C. The van der Waals surface area contributed by atoms with Gasteiger partial charge in [-0.05, 0) is 42.2 Å². The molecule has 0 radical (unpaired) electrons. The van der Waals surface area contributed by atoms with Gasteiger partial charge < -0.3 is 14.4 Å². The summed E-state index contributed by atoms with van der Waals surface area (Å²) in [6.07, 6.45) is 2.19. The van der Waals surface area contributed by atoms with E-state index in [9.17, 15) is 4.79 Å². The van der Waals surface area contributed by atoms with Crippen LogP contribution in [0.3, 0.4) is 0 Å². The van der Waals surface area contributed by atoms with Crippen LogP contribution < -0.4 is 14.4 Å². The fraction of sp³-hybridized carbons (Fsp3) is 0.440. The summed E-state index contributed by atoms with van der Waals surface area (Å²) in [6.45, 7) is 6.01. The zero-order chi connectivity index (χ0) is 21.7. The van der Waals surface area contributed by atoms with Crippen molar-refractivity contribution in [2.75, 3.05) is 39.3 Å². The number of aliphatic imine (C=N–C) groups is 1. The molecule has 1 aliphatic heterocycles. The second-order valence-electron chi connectivity index (χ2n) is 8.11. The minimum atomic E-state index is 0.356. The number of benzene rings is 2. The van der Waals surface area contributed by atoms with Crippen LogP contribution in [0.5, 0.6) is 11.5 Å². The molecule has 0 bridgehead atoms. The first-order valence-corrected chi connectivity index (χ1v) is 10.6. The van der Waals surface area contributed by atoms with Crippen molar-refractivity contribution in [3.63, 3.8) is 0 Å². The van der Waals surface area contributed by atoms with Gasteiger partial charge in [0.25, 0.3) is 0 Å². The second-order valence-corrected chi connectivity index (χ2v) is 8.11. The molecule has 0 N–H and O–H groups in total. The quantitative estimate of drug-likeness (QED) is 0.631. The molecule has 5 heteroatoms. The molecule has 0 amide bonds. The van der Waals surface area contributed by atoms with Gasteiger partial charge in [0.15, 0.2) is 11.5 Å². The Balaban J connectivity index is 1.96. The zero-order valence-electron chi connectivity index (χ0n) is 18.7. The van der Waals surface area contributed by atoms with Crippen LogP contribution >= 0.6 is 0 Å². The molecule has 5 nitrogen and oxygen atoms in total. The summed E-state index contributed by atoms with van der Waals surface area (Å²) in [7, 11) is 5.15. The average molecular weight is 409 g/mol. The second kappa shape index (κ2) is 9.79. The summed E-state index contributed by atoms with van der Waals surface area (Å²) in [6, 6.07) is 12.6. The highest BCUT2D eigenvalue weighted by molar-refractivity contribution is 6.14. The van der Waals surface area contributed by atoms with E-state index in [1.165, 1.54) is 5.56 Å². The number of ketones is 1. The average Bonchev–Trinajstić information content (AvgIpc) is 2.75. The van der Waals surface area contributed by atoms with Crippen molar-refractivity contribution in [3.8, 4) is 11.5 Å².